The molecule has 4 rings (SSSR count). The van der Waals surface area contributed by atoms with Crippen molar-refractivity contribution in [2.45, 2.75) is 38.5 Å². The fraction of sp³-hybridized carbons (Fsp3) is 0.407. The molecule has 0 N–H and O–H groups in total. The van der Waals surface area contributed by atoms with Crippen LogP contribution in [0.15, 0.2) is 60.7 Å². The third kappa shape index (κ3) is 5.55. The molecule has 2 aromatic carbocycles. The van der Waals surface area contributed by atoms with Crippen LogP contribution in [0, 0.1) is 29.1 Å². The summed E-state index contributed by atoms with van der Waals surface area (Å²) in [5, 5.41) is 8.89. The van der Waals surface area contributed by atoms with Crippen LogP contribution >= 0.6 is 0 Å². The lowest BCUT2D eigenvalue weighted by atomic mass is 9.94. The van der Waals surface area contributed by atoms with Crippen LogP contribution in [0.2, 0.25) is 0 Å². The SMILES string of the molecule is N#Cc1ccc(-c2ccc(OCCCCCCOC(=O)[C@H]3C[C@@H]4C=C[C@H]3C4)cc2)cc1. The maximum Gasteiger partial charge on any atom is 0.309 e. The number of allylic oxidation sites excluding steroid dienone is 2. The van der Waals surface area contributed by atoms with Gasteiger partial charge in [-0.05, 0) is 85.8 Å². The molecule has 3 atom stereocenters. The zero-order valence-corrected chi connectivity index (χ0v) is 17.8. The number of benzene rings is 2. The van der Waals surface area contributed by atoms with E-state index in [2.05, 4.69) is 18.2 Å². The number of hydrogen-bond acceptors (Lipinski definition) is 4. The van der Waals surface area contributed by atoms with Gasteiger partial charge in [-0.15, -0.1) is 0 Å². The predicted molar refractivity (Wildman–Crippen MR) is 120 cm³/mol. The van der Waals surface area contributed by atoms with Gasteiger partial charge in [0.1, 0.15) is 5.75 Å². The van der Waals surface area contributed by atoms with Gasteiger partial charge in [0, 0.05) is 0 Å². The first-order valence-electron chi connectivity index (χ1n) is 11.3. The maximum atomic E-state index is 12.2. The number of hydrogen-bond donors (Lipinski definition) is 0. The zero-order valence-electron chi connectivity index (χ0n) is 17.8. The highest BCUT2D eigenvalue weighted by atomic mass is 16.5. The van der Waals surface area contributed by atoms with Crippen LogP contribution in [0.3, 0.4) is 0 Å². The van der Waals surface area contributed by atoms with E-state index in [0.717, 1.165) is 55.4 Å². The molecule has 4 nitrogen and oxygen atoms in total. The molecule has 0 aliphatic heterocycles. The van der Waals surface area contributed by atoms with Gasteiger partial charge in [-0.2, -0.15) is 5.26 Å². The average Bonchev–Trinajstić information content (AvgIpc) is 3.45. The summed E-state index contributed by atoms with van der Waals surface area (Å²) in [6.07, 6.45) is 10.6. The molecule has 0 heterocycles. The monoisotopic (exact) mass is 415 g/mol. The molecule has 2 aliphatic rings. The summed E-state index contributed by atoms with van der Waals surface area (Å²) < 4.78 is 11.3. The van der Waals surface area contributed by atoms with Gasteiger partial charge in [-0.25, -0.2) is 0 Å². The molecule has 160 valence electrons. The fourth-order valence-corrected chi connectivity index (χ4v) is 4.56. The molecule has 0 radical (unpaired) electrons. The van der Waals surface area contributed by atoms with Gasteiger partial charge in [0.05, 0.1) is 30.8 Å². The van der Waals surface area contributed by atoms with Crippen molar-refractivity contribution < 1.29 is 14.3 Å². The third-order valence-electron chi connectivity index (χ3n) is 6.34. The van der Waals surface area contributed by atoms with Crippen molar-refractivity contribution in [3.05, 3.63) is 66.2 Å². The number of esters is 1. The molecule has 0 saturated heterocycles. The van der Waals surface area contributed by atoms with Gasteiger partial charge in [0.2, 0.25) is 0 Å². The number of carbonyl (C=O) groups excluding carboxylic acids is 1. The quantitative estimate of drug-likeness (QED) is 0.274. The van der Waals surface area contributed by atoms with Crippen LogP contribution < -0.4 is 4.74 Å². The molecule has 4 heteroatoms. The van der Waals surface area contributed by atoms with Gasteiger partial charge in [-0.3, -0.25) is 4.79 Å². The number of carbonyl (C=O) groups is 1. The minimum atomic E-state index is 0.00429. The fourth-order valence-electron chi connectivity index (χ4n) is 4.56. The molecule has 0 amide bonds. The van der Waals surface area contributed by atoms with Crippen molar-refractivity contribution in [1.29, 1.82) is 5.26 Å². The molecule has 2 aliphatic carbocycles. The highest BCUT2D eigenvalue weighted by Crippen LogP contribution is 2.43. The maximum absolute atomic E-state index is 12.2. The van der Waals surface area contributed by atoms with Gasteiger partial charge in [-0.1, -0.05) is 36.4 Å². The Morgan fingerprint density at radius 1 is 0.871 bits per heavy atom. The Morgan fingerprint density at radius 3 is 2.16 bits per heavy atom. The molecule has 1 fully saturated rings. The summed E-state index contributed by atoms with van der Waals surface area (Å²) in [5.41, 5.74) is 2.86. The van der Waals surface area contributed by atoms with E-state index in [0.29, 0.717) is 30.6 Å². The van der Waals surface area contributed by atoms with E-state index in [9.17, 15) is 4.79 Å². The minimum absolute atomic E-state index is 0.00429. The first kappa shape index (κ1) is 21.2. The van der Waals surface area contributed by atoms with Crippen LogP contribution in [0.5, 0.6) is 5.75 Å². The summed E-state index contributed by atoms with van der Waals surface area (Å²) in [7, 11) is 0. The van der Waals surface area contributed by atoms with Crippen LogP contribution in [0.4, 0.5) is 0 Å². The second-order valence-electron chi connectivity index (χ2n) is 8.53. The van der Waals surface area contributed by atoms with E-state index >= 15 is 0 Å². The van der Waals surface area contributed by atoms with E-state index < -0.39 is 0 Å². The summed E-state index contributed by atoms with van der Waals surface area (Å²) in [6, 6.07) is 17.8. The Morgan fingerprint density at radius 2 is 1.55 bits per heavy atom. The number of ether oxygens (including phenoxy) is 2. The Labute approximate surface area is 184 Å². The molecular formula is C27H29NO3. The molecule has 0 aromatic heterocycles. The first-order valence-corrected chi connectivity index (χ1v) is 11.3. The number of nitrogens with zero attached hydrogens (tertiary/aromatic N) is 1. The molecule has 1 saturated carbocycles. The van der Waals surface area contributed by atoms with Gasteiger partial charge >= 0.3 is 5.97 Å². The molecular weight excluding hydrogens is 386 g/mol. The van der Waals surface area contributed by atoms with Crippen molar-refractivity contribution in [3.8, 4) is 22.9 Å². The molecule has 2 aromatic rings. The Kier molecular flexibility index (Phi) is 7.04. The number of nitriles is 1. The molecule has 0 spiro atoms. The number of unbranched alkanes of at least 4 members (excludes halogenated alkanes) is 3. The number of fused-ring (bicyclic) bond motifs is 2. The van der Waals surface area contributed by atoms with Crippen LogP contribution in [-0.4, -0.2) is 19.2 Å². The standard InChI is InChI=1S/C27H29NO3/c28-19-20-5-8-22(9-6-20)23-11-13-25(14-12-23)30-15-3-1-2-4-16-31-27(29)26-18-21-7-10-24(26)17-21/h5-14,21,24,26H,1-4,15-18H2/t21-,24+,26+/m1/s1. The van der Waals surface area contributed by atoms with Crippen LogP contribution in [0.25, 0.3) is 11.1 Å². The van der Waals surface area contributed by atoms with Crippen molar-refractivity contribution in [1.82, 2.24) is 0 Å². The van der Waals surface area contributed by atoms with Gasteiger partial charge in [0.15, 0.2) is 0 Å². The zero-order chi connectivity index (χ0) is 21.5. The van der Waals surface area contributed by atoms with E-state index in [1.54, 1.807) is 0 Å². The largest absolute Gasteiger partial charge is 0.494 e. The lowest BCUT2D eigenvalue weighted by Crippen LogP contribution is -2.22. The average molecular weight is 416 g/mol. The van der Waals surface area contributed by atoms with E-state index in [4.69, 9.17) is 14.7 Å². The predicted octanol–water partition coefficient (Wildman–Crippen LogP) is 5.92. The number of rotatable bonds is 10. The van der Waals surface area contributed by atoms with Gasteiger partial charge in [0.25, 0.3) is 0 Å². The summed E-state index contributed by atoms with van der Waals surface area (Å²) in [5.74, 6) is 2.00. The highest BCUT2D eigenvalue weighted by molar-refractivity contribution is 5.74. The van der Waals surface area contributed by atoms with E-state index in [-0.39, 0.29) is 11.9 Å². The minimum Gasteiger partial charge on any atom is -0.494 e. The molecule has 31 heavy (non-hydrogen) atoms. The van der Waals surface area contributed by atoms with Crippen molar-refractivity contribution in [2.75, 3.05) is 13.2 Å². The second-order valence-corrected chi connectivity index (χ2v) is 8.53. The second kappa shape index (κ2) is 10.3. The summed E-state index contributed by atoms with van der Waals surface area (Å²) in [6.45, 7) is 1.22. The van der Waals surface area contributed by atoms with Gasteiger partial charge < -0.3 is 9.47 Å². The lowest BCUT2D eigenvalue weighted by molar-refractivity contribution is -0.149. The Bertz CT molecular complexity index is 940. The van der Waals surface area contributed by atoms with Crippen molar-refractivity contribution in [2.24, 2.45) is 17.8 Å². The summed E-state index contributed by atoms with van der Waals surface area (Å²) >= 11 is 0. The van der Waals surface area contributed by atoms with Crippen LogP contribution in [0.1, 0.15) is 44.1 Å². The Hall–Kier alpha value is -3.06. The third-order valence-corrected chi connectivity index (χ3v) is 6.34. The van der Waals surface area contributed by atoms with Crippen LogP contribution in [-0.2, 0) is 9.53 Å². The normalized spacial score (nSPS) is 21.1. The lowest BCUT2D eigenvalue weighted by Gasteiger charge is -2.16. The molecule has 0 unspecified atom stereocenters. The van der Waals surface area contributed by atoms with Crippen molar-refractivity contribution in [3.63, 3.8) is 0 Å². The summed E-state index contributed by atoms with van der Waals surface area (Å²) in [4.78, 5) is 12.2. The topological polar surface area (TPSA) is 59.3 Å². The van der Waals surface area contributed by atoms with E-state index in [1.807, 2.05) is 48.5 Å². The Balaban J connectivity index is 1.07. The first-order chi connectivity index (χ1) is 15.2. The highest BCUT2D eigenvalue weighted by Gasteiger charge is 2.40. The smallest absolute Gasteiger partial charge is 0.309 e. The van der Waals surface area contributed by atoms with E-state index in [1.165, 1.54) is 0 Å². The molecule has 2 bridgehead atoms. The van der Waals surface area contributed by atoms with Crippen molar-refractivity contribution >= 4 is 5.97 Å².